The lowest BCUT2D eigenvalue weighted by Gasteiger charge is -2.06. The third kappa shape index (κ3) is 2.74. The number of furan rings is 1. The highest BCUT2D eigenvalue weighted by atomic mass is 16.3. The van der Waals surface area contributed by atoms with E-state index >= 15 is 0 Å². The second-order valence-corrected chi connectivity index (χ2v) is 6.67. The van der Waals surface area contributed by atoms with Crippen LogP contribution in [-0.2, 0) is 6.42 Å². The number of benzene rings is 3. The van der Waals surface area contributed by atoms with Gasteiger partial charge in [-0.2, -0.15) is 0 Å². The predicted octanol–water partition coefficient (Wildman–Crippen LogP) is 6.48. The van der Waals surface area contributed by atoms with Crippen LogP contribution in [-0.4, -0.2) is 6.21 Å². The van der Waals surface area contributed by atoms with Crippen molar-refractivity contribution in [3.05, 3.63) is 89.0 Å². The van der Waals surface area contributed by atoms with Gasteiger partial charge in [0.1, 0.15) is 11.2 Å². The van der Waals surface area contributed by atoms with E-state index in [1.165, 1.54) is 22.7 Å². The van der Waals surface area contributed by atoms with Crippen LogP contribution in [0.15, 0.2) is 71.2 Å². The minimum Gasteiger partial charge on any atom is -0.455 e. The van der Waals surface area contributed by atoms with E-state index in [1.54, 1.807) is 0 Å². The lowest BCUT2D eigenvalue weighted by atomic mass is 9.98. The number of hydrogen-bond acceptors (Lipinski definition) is 2. The summed E-state index contributed by atoms with van der Waals surface area (Å²) in [5.74, 6) is 0. The van der Waals surface area contributed by atoms with Gasteiger partial charge in [-0.1, -0.05) is 66.7 Å². The Morgan fingerprint density at radius 3 is 2.38 bits per heavy atom. The number of rotatable bonds is 4. The van der Waals surface area contributed by atoms with Crippen LogP contribution < -0.4 is 0 Å². The molecule has 0 radical (unpaired) electrons. The van der Waals surface area contributed by atoms with Gasteiger partial charge in [-0.3, -0.25) is 0 Å². The fourth-order valence-electron chi connectivity index (χ4n) is 3.51. The molecule has 0 saturated carbocycles. The molecule has 0 spiro atoms. The number of fused-ring (bicyclic) bond motifs is 3. The number of aryl methyl sites for hydroxylation is 2. The standard InChI is InChI=1S/C24H21NO/c1-16-11-13-22-21-10-6-7-17(2)23(21)26-24(22)20(16)14-12-19(15-25)18-8-4-3-5-9-18/h3-13,15,25H,14H2,1-2H3/b19-12+,25-15?. The molecule has 0 unspecified atom stereocenters. The second kappa shape index (κ2) is 6.64. The van der Waals surface area contributed by atoms with Crippen molar-refractivity contribution in [3.8, 4) is 0 Å². The molecule has 0 fully saturated rings. The first-order valence-electron chi connectivity index (χ1n) is 8.85. The smallest absolute Gasteiger partial charge is 0.139 e. The third-order valence-corrected chi connectivity index (χ3v) is 4.99. The van der Waals surface area contributed by atoms with Crippen molar-refractivity contribution in [1.29, 1.82) is 5.41 Å². The zero-order valence-electron chi connectivity index (χ0n) is 15.0. The number of allylic oxidation sites excluding steroid dienone is 2. The Kier molecular flexibility index (Phi) is 4.18. The van der Waals surface area contributed by atoms with Crippen LogP contribution in [0.3, 0.4) is 0 Å². The van der Waals surface area contributed by atoms with Crippen molar-refractivity contribution in [2.24, 2.45) is 0 Å². The average molecular weight is 339 g/mol. The fraction of sp³-hybridized carbons (Fsp3) is 0.125. The van der Waals surface area contributed by atoms with Crippen LogP contribution in [0.5, 0.6) is 0 Å². The monoisotopic (exact) mass is 339 g/mol. The van der Waals surface area contributed by atoms with Gasteiger partial charge in [0.05, 0.1) is 0 Å². The molecule has 128 valence electrons. The van der Waals surface area contributed by atoms with Crippen molar-refractivity contribution >= 4 is 33.7 Å². The molecule has 1 heterocycles. The third-order valence-electron chi connectivity index (χ3n) is 4.99. The molecule has 3 aromatic carbocycles. The Morgan fingerprint density at radius 2 is 1.62 bits per heavy atom. The Balaban J connectivity index is 1.85. The molecule has 26 heavy (non-hydrogen) atoms. The van der Waals surface area contributed by atoms with Gasteiger partial charge >= 0.3 is 0 Å². The zero-order chi connectivity index (χ0) is 18.1. The van der Waals surface area contributed by atoms with Gasteiger partial charge in [0, 0.05) is 22.6 Å². The van der Waals surface area contributed by atoms with Crippen LogP contribution in [0.2, 0.25) is 0 Å². The molecule has 4 rings (SSSR count). The Labute approximate surface area is 153 Å². The van der Waals surface area contributed by atoms with Gasteiger partial charge in [-0.05, 0) is 42.5 Å². The molecule has 0 atom stereocenters. The molecule has 0 aliphatic carbocycles. The lowest BCUT2D eigenvalue weighted by molar-refractivity contribution is 0.661. The van der Waals surface area contributed by atoms with E-state index in [-0.39, 0.29) is 0 Å². The van der Waals surface area contributed by atoms with E-state index in [9.17, 15) is 0 Å². The molecular formula is C24H21NO. The number of nitrogens with one attached hydrogen (secondary N) is 1. The Morgan fingerprint density at radius 1 is 0.846 bits per heavy atom. The van der Waals surface area contributed by atoms with Crippen LogP contribution >= 0.6 is 0 Å². The Hall–Kier alpha value is -3.13. The highest BCUT2D eigenvalue weighted by molar-refractivity contribution is 6.09. The van der Waals surface area contributed by atoms with Crippen LogP contribution in [0.25, 0.3) is 27.5 Å². The molecule has 2 nitrogen and oxygen atoms in total. The summed E-state index contributed by atoms with van der Waals surface area (Å²) >= 11 is 0. The molecule has 2 heteroatoms. The van der Waals surface area contributed by atoms with Crippen molar-refractivity contribution in [1.82, 2.24) is 0 Å². The summed E-state index contributed by atoms with van der Waals surface area (Å²) < 4.78 is 6.28. The van der Waals surface area contributed by atoms with Crippen molar-refractivity contribution in [2.45, 2.75) is 20.3 Å². The van der Waals surface area contributed by atoms with Crippen LogP contribution in [0, 0.1) is 19.3 Å². The molecule has 0 aliphatic heterocycles. The van der Waals surface area contributed by atoms with Gasteiger partial charge in [0.15, 0.2) is 0 Å². The van der Waals surface area contributed by atoms with E-state index in [0.29, 0.717) is 0 Å². The van der Waals surface area contributed by atoms with Gasteiger partial charge in [-0.15, -0.1) is 0 Å². The van der Waals surface area contributed by atoms with Gasteiger partial charge in [-0.25, -0.2) is 0 Å². The Bertz CT molecular complexity index is 1130. The molecule has 0 bridgehead atoms. The minimum atomic E-state index is 0.738. The normalized spacial score (nSPS) is 12.0. The molecule has 4 aromatic rings. The van der Waals surface area contributed by atoms with Crippen molar-refractivity contribution in [3.63, 3.8) is 0 Å². The number of para-hydroxylation sites is 1. The first-order valence-corrected chi connectivity index (χ1v) is 8.85. The second-order valence-electron chi connectivity index (χ2n) is 6.67. The van der Waals surface area contributed by atoms with Crippen molar-refractivity contribution in [2.75, 3.05) is 0 Å². The van der Waals surface area contributed by atoms with Gasteiger partial charge in [0.25, 0.3) is 0 Å². The molecule has 0 aliphatic rings. The molecular weight excluding hydrogens is 318 g/mol. The summed E-state index contributed by atoms with van der Waals surface area (Å²) in [7, 11) is 0. The summed E-state index contributed by atoms with van der Waals surface area (Å²) in [6.45, 7) is 4.20. The fourth-order valence-corrected chi connectivity index (χ4v) is 3.51. The molecule has 0 saturated heterocycles. The SMILES string of the molecule is Cc1ccc2c(oc3c(C)cccc32)c1C/C=C(\C=N)c1ccccc1. The van der Waals surface area contributed by atoms with Crippen molar-refractivity contribution < 1.29 is 4.42 Å². The molecule has 0 amide bonds. The zero-order valence-corrected chi connectivity index (χ0v) is 15.0. The maximum absolute atomic E-state index is 7.78. The maximum Gasteiger partial charge on any atom is 0.139 e. The van der Waals surface area contributed by atoms with Gasteiger partial charge in [0.2, 0.25) is 0 Å². The lowest BCUT2D eigenvalue weighted by Crippen LogP contribution is -1.91. The average Bonchev–Trinajstić information content (AvgIpc) is 3.05. The molecule has 1 aromatic heterocycles. The van der Waals surface area contributed by atoms with E-state index in [2.05, 4.69) is 50.3 Å². The van der Waals surface area contributed by atoms with E-state index in [4.69, 9.17) is 9.83 Å². The van der Waals surface area contributed by atoms with E-state index in [1.807, 2.05) is 30.3 Å². The quantitative estimate of drug-likeness (QED) is 0.425. The van der Waals surface area contributed by atoms with Crippen LogP contribution in [0.4, 0.5) is 0 Å². The highest BCUT2D eigenvalue weighted by Gasteiger charge is 2.13. The van der Waals surface area contributed by atoms with E-state index < -0.39 is 0 Å². The largest absolute Gasteiger partial charge is 0.455 e. The molecule has 1 N–H and O–H groups in total. The summed E-state index contributed by atoms with van der Waals surface area (Å²) in [6, 6.07) is 20.7. The van der Waals surface area contributed by atoms with Crippen LogP contribution in [0.1, 0.15) is 22.3 Å². The first-order chi connectivity index (χ1) is 12.7. The summed E-state index contributed by atoms with van der Waals surface area (Å²) in [5.41, 5.74) is 7.47. The minimum absolute atomic E-state index is 0.738. The number of hydrogen-bond donors (Lipinski definition) is 1. The highest BCUT2D eigenvalue weighted by Crippen LogP contribution is 2.34. The first kappa shape index (κ1) is 16.3. The van der Waals surface area contributed by atoms with Gasteiger partial charge < -0.3 is 9.83 Å². The predicted molar refractivity (Wildman–Crippen MR) is 110 cm³/mol. The summed E-state index contributed by atoms with van der Waals surface area (Å²) in [6.07, 6.45) is 4.28. The van der Waals surface area contributed by atoms with E-state index in [0.717, 1.165) is 39.7 Å². The topological polar surface area (TPSA) is 37.0 Å². The maximum atomic E-state index is 7.78. The summed E-state index contributed by atoms with van der Waals surface area (Å²) in [5, 5.41) is 10.1. The summed E-state index contributed by atoms with van der Waals surface area (Å²) in [4.78, 5) is 0.